The van der Waals surface area contributed by atoms with Crippen molar-refractivity contribution in [3.05, 3.63) is 40.2 Å². The van der Waals surface area contributed by atoms with Crippen LogP contribution in [0.15, 0.2) is 29.4 Å². The van der Waals surface area contributed by atoms with Crippen LogP contribution in [0.4, 0.5) is 5.69 Å². The summed E-state index contributed by atoms with van der Waals surface area (Å²) in [5.41, 5.74) is 0.00445. The third-order valence-corrected chi connectivity index (χ3v) is 5.50. The molecule has 0 bridgehead atoms. The van der Waals surface area contributed by atoms with Crippen LogP contribution in [0.5, 0.6) is 5.75 Å². The van der Waals surface area contributed by atoms with Gasteiger partial charge in [0.05, 0.1) is 10.7 Å². The van der Waals surface area contributed by atoms with Crippen LogP contribution in [0, 0.1) is 10.1 Å². The highest BCUT2D eigenvalue weighted by Gasteiger charge is 2.19. The Balaban J connectivity index is 1.47. The fraction of sp³-hybridized carbons (Fsp3) is 0.500. The Morgan fingerprint density at radius 2 is 1.96 bits per heavy atom. The van der Waals surface area contributed by atoms with Crippen LogP contribution in [0.3, 0.4) is 0 Å². The molecule has 0 radical (unpaired) electrons. The highest BCUT2D eigenvalue weighted by Crippen LogP contribution is 2.23. The van der Waals surface area contributed by atoms with E-state index in [-0.39, 0.29) is 30.1 Å². The van der Waals surface area contributed by atoms with Gasteiger partial charge in [0.1, 0.15) is 18.5 Å². The van der Waals surface area contributed by atoms with Gasteiger partial charge in [-0.25, -0.2) is 0 Å². The van der Waals surface area contributed by atoms with E-state index < -0.39 is 4.92 Å². The van der Waals surface area contributed by atoms with Crippen LogP contribution in [0.2, 0.25) is 0 Å². The second kappa shape index (κ2) is 9.54. The van der Waals surface area contributed by atoms with E-state index in [1.807, 2.05) is 0 Å². The molecule has 10 heteroatoms. The van der Waals surface area contributed by atoms with Crippen molar-refractivity contribution in [2.75, 3.05) is 5.75 Å². The Bertz CT molecular complexity index is 818. The van der Waals surface area contributed by atoms with Crippen molar-refractivity contribution in [1.82, 2.24) is 14.8 Å². The van der Waals surface area contributed by atoms with Crippen molar-refractivity contribution in [2.45, 2.75) is 50.0 Å². The first kappa shape index (κ1) is 20.1. The van der Waals surface area contributed by atoms with Crippen LogP contribution < -0.4 is 4.74 Å². The molecule has 0 amide bonds. The number of carbonyl (C=O) groups is 1. The zero-order valence-corrected chi connectivity index (χ0v) is 16.4. The topological polar surface area (TPSA) is 109 Å². The molecule has 1 aromatic heterocycles. The predicted octanol–water partition coefficient (Wildman–Crippen LogP) is 3.27. The van der Waals surface area contributed by atoms with E-state index in [0.29, 0.717) is 16.7 Å². The molecule has 0 N–H and O–H groups in total. The number of thioether (sulfide) groups is 1. The fourth-order valence-corrected chi connectivity index (χ4v) is 3.65. The Labute approximate surface area is 166 Å². The maximum atomic E-state index is 12.0. The molecule has 28 heavy (non-hydrogen) atoms. The summed E-state index contributed by atoms with van der Waals surface area (Å²) < 4.78 is 12.9. The van der Waals surface area contributed by atoms with Gasteiger partial charge in [-0.15, -0.1) is 10.2 Å². The number of nitro benzene ring substituents is 1. The number of aromatic nitrogens is 3. The van der Waals surface area contributed by atoms with E-state index in [0.717, 1.165) is 25.7 Å². The molecule has 0 aliphatic heterocycles. The minimum Gasteiger partial charge on any atom is -0.486 e. The van der Waals surface area contributed by atoms with Crippen molar-refractivity contribution in [2.24, 2.45) is 7.05 Å². The SMILES string of the molecule is Cn1c(COc2ccc([N+](=O)[O-])cc2)nnc1SCC(=O)OC1CCCCC1. The van der Waals surface area contributed by atoms with Gasteiger partial charge in [0.25, 0.3) is 5.69 Å². The molecule has 0 atom stereocenters. The zero-order valence-electron chi connectivity index (χ0n) is 15.6. The van der Waals surface area contributed by atoms with E-state index in [9.17, 15) is 14.9 Å². The summed E-state index contributed by atoms with van der Waals surface area (Å²) in [5.74, 6) is 1.04. The molecule has 1 aliphatic rings. The first-order valence-corrected chi connectivity index (χ1v) is 10.1. The second-order valence-electron chi connectivity index (χ2n) is 6.54. The molecule has 0 spiro atoms. The van der Waals surface area contributed by atoms with Crippen LogP contribution in [0.1, 0.15) is 37.9 Å². The lowest BCUT2D eigenvalue weighted by Gasteiger charge is -2.21. The largest absolute Gasteiger partial charge is 0.486 e. The normalized spacial score (nSPS) is 14.6. The van der Waals surface area contributed by atoms with Crippen LogP contribution in [0.25, 0.3) is 0 Å². The first-order valence-electron chi connectivity index (χ1n) is 9.10. The standard InChI is InChI=1S/C18H22N4O5S/c1-21-16(11-26-14-9-7-13(8-10-14)22(24)25)19-20-18(21)28-12-17(23)27-15-5-3-2-4-6-15/h7-10,15H,2-6,11-12H2,1H3. The molecule has 1 aromatic carbocycles. The van der Waals surface area contributed by atoms with Gasteiger partial charge in [-0.05, 0) is 37.8 Å². The number of nitrogens with zero attached hydrogens (tertiary/aromatic N) is 4. The van der Waals surface area contributed by atoms with Gasteiger partial charge < -0.3 is 14.0 Å². The van der Waals surface area contributed by atoms with Crippen molar-refractivity contribution in [3.63, 3.8) is 0 Å². The number of ether oxygens (including phenoxy) is 2. The van der Waals surface area contributed by atoms with Gasteiger partial charge in [-0.2, -0.15) is 0 Å². The van der Waals surface area contributed by atoms with Gasteiger partial charge >= 0.3 is 5.97 Å². The summed E-state index contributed by atoms with van der Waals surface area (Å²) >= 11 is 1.28. The van der Waals surface area contributed by atoms with Crippen LogP contribution in [-0.4, -0.2) is 37.5 Å². The molecule has 150 valence electrons. The Kier molecular flexibility index (Phi) is 6.85. The maximum absolute atomic E-state index is 12.0. The smallest absolute Gasteiger partial charge is 0.316 e. The molecule has 0 unspecified atom stereocenters. The molecule has 1 aliphatic carbocycles. The maximum Gasteiger partial charge on any atom is 0.316 e. The lowest BCUT2D eigenvalue weighted by Crippen LogP contribution is -2.22. The Morgan fingerprint density at radius 3 is 2.64 bits per heavy atom. The summed E-state index contributed by atoms with van der Waals surface area (Å²) in [5, 5.41) is 19.4. The third kappa shape index (κ3) is 5.44. The monoisotopic (exact) mass is 406 g/mol. The highest BCUT2D eigenvalue weighted by atomic mass is 32.2. The molecular weight excluding hydrogens is 384 g/mol. The fourth-order valence-electron chi connectivity index (χ4n) is 2.93. The number of non-ortho nitro benzene ring substituents is 1. The average Bonchev–Trinajstić information content (AvgIpc) is 3.05. The zero-order chi connectivity index (χ0) is 19.9. The van der Waals surface area contributed by atoms with Crippen LogP contribution >= 0.6 is 11.8 Å². The quantitative estimate of drug-likeness (QED) is 0.284. The minimum atomic E-state index is -0.463. The van der Waals surface area contributed by atoms with Crippen molar-refractivity contribution in [3.8, 4) is 5.75 Å². The number of benzene rings is 1. The van der Waals surface area contributed by atoms with Crippen molar-refractivity contribution >= 4 is 23.4 Å². The Hall–Kier alpha value is -2.62. The summed E-state index contributed by atoms with van der Waals surface area (Å²) in [7, 11) is 1.79. The van der Waals surface area contributed by atoms with E-state index in [1.165, 1.54) is 42.4 Å². The third-order valence-electron chi connectivity index (χ3n) is 4.51. The number of nitro groups is 1. The Morgan fingerprint density at radius 1 is 1.25 bits per heavy atom. The minimum absolute atomic E-state index is 0.00445. The molecule has 2 aromatic rings. The highest BCUT2D eigenvalue weighted by molar-refractivity contribution is 7.99. The number of hydrogen-bond acceptors (Lipinski definition) is 8. The number of hydrogen-bond donors (Lipinski definition) is 0. The van der Waals surface area contributed by atoms with Gasteiger partial charge in [0, 0.05) is 19.2 Å². The van der Waals surface area contributed by atoms with Crippen molar-refractivity contribution in [1.29, 1.82) is 0 Å². The molecule has 1 heterocycles. The lowest BCUT2D eigenvalue weighted by atomic mass is 9.98. The second-order valence-corrected chi connectivity index (χ2v) is 7.48. The van der Waals surface area contributed by atoms with Crippen molar-refractivity contribution < 1.29 is 19.2 Å². The molecular formula is C18H22N4O5S. The van der Waals surface area contributed by atoms with Gasteiger partial charge in [-0.3, -0.25) is 14.9 Å². The lowest BCUT2D eigenvalue weighted by molar-refractivity contribution is -0.384. The average molecular weight is 406 g/mol. The summed E-state index contributed by atoms with van der Waals surface area (Å²) in [6.07, 6.45) is 5.40. The summed E-state index contributed by atoms with van der Waals surface area (Å²) in [4.78, 5) is 22.2. The van der Waals surface area contributed by atoms with Gasteiger partial charge in [0.2, 0.25) is 0 Å². The predicted molar refractivity (Wildman–Crippen MR) is 102 cm³/mol. The van der Waals surface area contributed by atoms with E-state index in [2.05, 4.69) is 10.2 Å². The molecule has 1 saturated carbocycles. The molecule has 1 fully saturated rings. The number of rotatable bonds is 8. The summed E-state index contributed by atoms with van der Waals surface area (Å²) in [6, 6.07) is 5.83. The molecule has 3 rings (SSSR count). The molecule has 0 saturated heterocycles. The molecule has 9 nitrogen and oxygen atoms in total. The van der Waals surface area contributed by atoms with Gasteiger partial charge in [-0.1, -0.05) is 18.2 Å². The number of carbonyl (C=O) groups excluding carboxylic acids is 1. The van der Waals surface area contributed by atoms with E-state index in [4.69, 9.17) is 9.47 Å². The first-order chi connectivity index (χ1) is 13.5. The van der Waals surface area contributed by atoms with Crippen LogP contribution in [-0.2, 0) is 23.2 Å². The summed E-state index contributed by atoms with van der Waals surface area (Å²) in [6.45, 7) is 0.161. The van der Waals surface area contributed by atoms with E-state index >= 15 is 0 Å². The van der Waals surface area contributed by atoms with Gasteiger partial charge in [0.15, 0.2) is 11.0 Å². The number of esters is 1. The van der Waals surface area contributed by atoms with E-state index in [1.54, 1.807) is 11.6 Å².